The Hall–Kier alpha value is -1.99. The standard InChI is InChI=1S/C10H6F5NO2/c11-9(12)8(18)3-7(17)5-1-2-16-4-6(5)10(13,14)15/h1-4,9,17H/p-1/b7-3-. The second-order valence-electron chi connectivity index (χ2n) is 3.13. The fraction of sp³-hybridized carbons (Fsp3) is 0.200. The Morgan fingerprint density at radius 2 is 2.00 bits per heavy atom. The maximum absolute atomic E-state index is 12.5. The quantitative estimate of drug-likeness (QED) is 0.474. The molecule has 0 aliphatic heterocycles. The second kappa shape index (κ2) is 5.11. The zero-order chi connectivity index (χ0) is 13.9. The molecule has 1 aromatic rings. The van der Waals surface area contributed by atoms with Gasteiger partial charge in [0.15, 0.2) is 0 Å². The highest BCUT2D eigenvalue weighted by molar-refractivity contribution is 5.97. The molecule has 0 atom stereocenters. The van der Waals surface area contributed by atoms with Crippen LogP contribution in [0, 0.1) is 0 Å². The van der Waals surface area contributed by atoms with Crippen molar-refractivity contribution in [2.45, 2.75) is 12.6 Å². The van der Waals surface area contributed by atoms with Gasteiger partial charge < -0.3 is 5.11 Å². The van der Waals surface area contributed by atoms with Crippen molar-refractivity contribution in [2.24, 2.45) is 0 Å². The Morgan fingerprint density at radius 1 is 1.39 bits per heavy atom. The zero-order valence-electron chi connectivity index (χ0n) is 8.54. The lowest BCUT2D eigenvalue weighted by molar-refractivity contribution is -0.244. The van der Waals surface area contributed by atoms with E-state index in [9.17, 15) is 31.9 Å². The molecule has 0 radical (unpaired) electrons. The van der Waals surface area contributed by atoms with Crippen molar-refractivity contribution in [3.63, 3.8) is 0 Å². The lowest BCUT2D eigenvalue weighted by atomic mass is 10.1. The molecule has 1 aromatic heterocycles. The number of alkyl halides is 5. The molecule has 8 heteroatoms. The van der Waals surface area contributed by atoms with Gasteiger partial charge in [-0.3, -0.25) is 9.78 Å². The molecular weight excluding hydrogens is 261 g/mol. The van der Waals surface area contributed by atoms with E-state index in [0.29, 0.717) is 12.3 Å². The first kappa shape index (κ1) is 14.1. The molecule has 1 heterocycles. The predicted octanol–water partition coefficient (Wildman–Crippen LogP) is 1.64. The zero-order valence-corrected chi connectivity index (χ0v) is 8.54. The van der Waals surface area contributed by atoms with E-state index in [-0.39, 0.29) is 6.08 Å². The molecule has 0 aliphatic carbocycles. The molecule has 0 aromatic carbocycles. The van der Waals surface area contributed by atoms with Crippen molar-refractivity contribution >= 4 is 11.5 Å². The van der Waals surface area contributed by atoms with Crippen molar-refractivity contribution < 1.29 is 31.9 Å². The van der Waals surface area contributed by atoms with Crippen LogP contribution in [0.2, 0.25) is 0 Å². The van der Waals surface area contributed by atoms with Crippen LogP contribution in [-0.2, 0) is 11.0 Å². The highest BCUT2D eigenvalue weighted by atomic mass is 19.4. The van der Waals surface area contributed by atoms with E-state index in [1.54, 1.807) is 0 Å². The van der Waals surface area contributed by atoms with Gasteiger partial charge in [-0.1, -0.05) is 5.76 Å². The summed E-state index contributed by atoms with van der Waals surface area (Å²) in [5, 5.41) is 11.3. The molecule has 0 amide bonds. The molecule has 3 nitrogen and oxygen atoms in total. The normalized spacial score (nSPS) is 12.9. The lowest BCUT2D eigenvalue weighted by Crippen LogP contribution is -2.16. The number of carbonyl (C=O) groups is 1. The number of ketones is 1. The fourth-order valence-electron chi connectivity index (χ4n) is 1.11. The first-order valence-electron chi connectivity index (χ1n) is 4.45. The van der Waals surface area contributed by atoms with E-state index in [4.69, 9.17) is 0 Å². The molecular formula is C10H5F5NO2-. The Morgan fingerprint density at radius 3 is 2.50 bits per heavy atom. The third-order valence-electron chi connectivity index (χ3n) is 1.88. The Labute approximate surface area is 97.6 Å². The van der Waals surface area contributed by atoms with Gasteiger partial charge in [-0.05, 0) is 17.7 Å². The Bertz CT molecular complexity index is 481. The van der Waals surface area contributed by atoms with Gasteiger partial charge in [-0.2, -0.15) is 13.2 Å². The van der Waals surface area contributed by atoms with Crippen molar-refractivity contribution in [1.29, 1.82) is 0 Å². The van der Waals surface area contributed by atoms with E-state index in [1.165, 1.54) is 0 Å². The number of halogens is 5. The SMILES string of the molecule is O=C(/C=C(\[O-])c1ccncc1C(F)(F)F)C(F)F. The maximum atomic E-state index is 12.5. The van der Waals surface area contributed by atoms with Gasteiger partial charge in [0, 0.05) is 12.4 Å². The molecule has 98 valence electrons. The smallest absolute Gasteiger partial charge is 0.418 e. The number of rotatable bonds is 3. The van der Waals surface area contributed by atoms with Gasteiger partial charge >= 0.3 is 6.18 Å². The summed E-state index contributed by atoms with van der Waals surface area (Å²) in [6.45, 7) is 0. The van der Waals surface area contributed by atoms with Crippen LogP contribution in [0.15, 0.2) is 24.5 Å². The third kappa shape index (κ3) is 3.25. The summed E-state index contributed by atoms with van der Waals surface area (Å²) in [5.41, 5.74) is -2.28. The summed E-state index contributed by atoms with van der Waals surface area (Å²) >= 11 is 0. The average molecular weight is 266 g/mol. The molecule has 0 saturated heterocycles. The van der Waals surface area contributed by atoms with Gasteiger partial charge in [0.1, 0.15) is 0 Å². The minimum Gasteiger partial charge on any atom is -0.872 e. The molecule has 1 rings (SSSR count). The van der Waals surface area contributed by atoms with Crippen molar-refractivity contribution in [3.8, 4) is 0 Å². The first-order valence-corrected chi connectivity index (χ1v) is 4.45. The summed E-state index contributed by atoms with van der Waals surface area (Å²) in [4.78, 5) is 13.8. The summed E-state index contributed by atoms with van der Waals surface area (Å²) in [6, 6.07) is 0.709. The molecule has 0 bridgehead atoms. The van der Waals surface area contributed by atoms with Gasteiger partial charge in [0.05, 0.1) is 5.56 Å². The van der Waals surface area contributed by atoms with Crippen molar-refractivity contribution in [1.82, 2.24) is 4.98 Å². The number of carbonyl (C=O) groups excluding carboxylic acids is 1. The molecule has 0 N–H and O–H groups in total. The molecule has 0 unspecified atom stereocenters. The number of aromatic nitrogens is 1. The minimum absolute atomic E-state index is 0.0603. The van der Waals surface area contributed by atoms with Crippen LogP contribution in [0.4, 0.5) is 22.0 Å². The van der Waals surface area contributed by atoms with Crippen LogP contribution in [0.1, 0.15) is 11.1 Å². The number of hydrogen-bond acceptors (Lipinski definition) is 3. The summed E-state index contributed by atoms with van der Waals surface area (Å²) in [7, 11) is 0. The third-order valence-corrected chi connectivity index (χ3v) is 1.88. The number of hydrogen-bond donors (Lipinski definition) is 0. The van der Waals surface area contributed by atoms with E-state index < -0.39 is 35.3 Å². The number of pyridine rings is 1. The van der Waals surface area contributed by atoms with Gasteiger partial charge in [-0.25, -0.2) is 8.78 Å². The Kier molecular flexibility index (Phi) is 4.00. The largest absolute Gasteiger partial charge is 0.872 e. The number of allylic oxidation sites excluding steroid dienone is 1. The van der Waals surface area contributed by atoms with Crippen LogP contribution < -0.4 is 5.11 Å². The van der Waals surface area contributed by atoms with Crippen LogP contribution in [-0.4, -0.2) is 17.2 Å². The first-order chi connectivity index (χ1) is 8.23. The molecule has 18 heavy (non-hydrogen) atoms. The predicted molar refractivity (Wildman–Crippen MR) is 48.2 cm³/mol. The highest BCUT2D eigenvalue weighted by Crippen LogP contribution is 2.33. The van der Waals surface area contributed by atoms with Gasteiger partial charge in [0.25, 0.3) is 6.43 Å². The highest BCUT2D eigenvalue weighted by Gasteiger charge is 2.33. The van der Waals surface area contributed by atoms with E-state index in [0.717, 1.165) is 6.20 Å². The molecule has 0 spiro atoms. The summed E-state index contributed by atoms with van der Waals surface area (Å²) < 4.78 is 61.1. The van der Waals surface area contributed by atoms with Crippen LogP contribution in [0.25, 0.3) is 5.76 Å². The monoisotopic (exact) mass is 266 g/mol. The summed E-state index contributed by atoms with van der Waals surface area (Å²) in [5.74, 6) is -3.28. The maximum Gasteiger partial charge on any atom is 0.418 e. The second-order valence-corrected chi connectivity index (χ2v) is 3.13. The fourth-order valence-corrected chi connectivity index (χ4v) is 1.11. The summed E-state index contributed by atoms with van der Waals surface area (Å²) in [6.07, 6.45) is -7.09. The van der Waals surface area contributed by atoms with E-state index >= 15 is 0 Å². The van der Waals surface area contributed by atoms with Crippen molar-refractivity contribution in [3.05, 3.63) is 35.7 Å². The van der Waals surface area contributed by atoms with Crippen LogP contribution >= 0.6 is 0 Å². The van der Waals surface area contributed by atoms with E-state index in [1.807, 2.05) is 0 Å². The average Bonchev–Trinajstić information content (AvgIpc) is 2.27. The molecule has 0 fully saturated rings. The minimum atomic E-state index is -4.86. The van der Waals surface area contributed by atoms with Crippen molar-refractivity contribution in [2.75, 3.05) is 0 Å². The topological polar surface area (TPSA) is 53.0 Å². The number of nitrogens with zero attached hydrogens (tertiary/aromatic N) is 1. The Balaban J connectivity index is 3.22. The lowest BCUT2D eigenvalue weighted by Gasteiger charge is -2.17. The van der Waals surface area contributed by atoms with Gasteiger partial charge in [-0.15, -0.1) is 0 Å². The van der Waals surface area contributed by atoms with Gasteiger partial charge in [0.2, 0.25) is 5.78 Å². The van der Waals surface area contributed by atoms with Crippen LogP contribution in [0.3, 0.4) is 0 Å². The van der Waals surface area contributed by atoms with E-state index in [2.05, 4.69) is 4.98 Å². The molecule has 0 aliphatic rings. The molecule has 0 saturated carbocycles. The van der Waals surface area contributed by atoms with Crippen LogP contribution in [0.5, 0.6) is 0 Å².